The van der Waals surface area contributed by atoms with Crippen molar-refractivity contribution >= 4 is 11.3 Å². The fourth-order valence-corrected chi connectivity index (χ4v) is 3.04. The Hall–Kier alpha value is -0.820. The number of nitrogens with zero attached hydrogens (tertiary/aromatic N) is 1. The monoisotopic (exact) mass is 278 g/mol. The molecule has 0 aliphatic heterocycles. The minimum atomic E-state index is 0.531. The molecule has 19 heavy (non-hydrogen) atoms. The van der Waals surface area contributed by atoms with Gasteiger partial charge in [0.1, 0.15) is 0 Å². The van der Waals surface area contributed by atoms with E-state index in [0.29, 0.717) is 6.04 Å². The van der Waals surface area contributed by atoms with Crippen molar-refractivity contribution in [3.05, 3.63) is 21.4 Å². The van der Waals surface area contributed by atoms with Gasteiger partial charge < -0.3 is 5.32 Å². The van der Waals surface area contributed by atoms with Gasteiger partial charge in [0.2, 0.25) is 0 Å². The number of hydrogen-bond donors (Lipinski definition) is 1. The number of rotatable bonds is 8. The molecule has 0 fully saturated rings. The average Bonchev–Trinajstić information content (AvgIpc) is 2.68. The molecule has 3 heteroatoms. The van der Waals surface area contributed by atoms with Crippen LogP contribution < -0.4 is 5.32 Å². The number of hydrogen-bond acceptors (Lipinski definition) is 3. The number of thiophene rings is 1. The van der Waals surface area contributed by atoms with Gasteiger partial charge in [0.15, 0.2) is 0 Å². The Labute approximate surface area is 122 Å². The molecule has 1 heterocycles. The van der Waals surface area contributed by atoms with E-state index in [1.54, 1.807) is 0 Å². The number of terminal acetylenes is 1. The van der Waals surface area contributed by atoms with Crippen molar-refractivity contribution in [2.75, 3.05) is 13.1 Å². The summed E-state index contributed by atoms with van der Waals surface area (Å²) in [6, 6.07) is 2.86. The molecule has 1 rings (SSSR count). The molecule has 0 unspecified atom stereocenters. The third kappa shape index (κ3) is 5.78. The van der Waals surface area contributed by atoms with Crippen LogP contribution in [-0.4, -0.2) is 24.0 Å². The zero-order valence-electron chi connectivity index (χ0n) is 12.6. The molecule has 0 aromatic carbocycles. The summed E-state index contributed by atoms with van der Waals surface area (Å²) in [7, 11) is 0. The van der Waals surface area contributed by atoms with E-state index in [1.807, 2.05) is 11.3 Å². The van der Waals surface area contributed by atoms with Gasteiger partial charge in [-0.2, -0.15) is 0 Å². The van der Waals surface area contributed by atoms with E-state index in [1.165, 1.54) is 15.3 Å². The Morgan fingerprint density at radius 2 is 2.21 bits per heavy atom. The van der Waals surface area contributed by atoms with Crippen molar-refractivity contribution in [3.8, 4) is 12.3 Å². The molecule has 0 atom stereocenters. The normalized spacial score (nSPS) is 11.2. The molecule has 1 aromatic heterocycles. The van der Waals surface area contributed by atoms with E-state index in [-0.39, 0.29) is 0 Å². The van der Waals surface area contributed by atoms with Gasteiger partial charge in [-0.05, 0) is 31.5 Å². The Balaban J connectivity index is 2.64. The highest BCUT2D eigenvalue weighted by Gasteiger charge is 2.10. The van der Waals surface area contributed by atoms with Crippen LogP contribution in [0.25, 0.3) is 0 Å². The van der Waals surface area contributed by atoms with Gasteiger partial charge >= 0.3 is 0 Å². The van der Waals surface area contributed by atoms with E-state index in [9.17, 15) is 0 Å². The van der Waals surface area contributed by atoms with Gasteiger partial charge in [-0.15, -0.1) is 17.8 Å². The van der Waals surface area contributed by atoms with Crippen LogP contribution in [-0.2, 0) is 13.1 Å². The van der Waals surface area contributed by atoms with Gasteiger partial charge in [-0.25, -0.2) is 0 Å². The number of aryl methyl sites for hydroxylation is 1. The summed E-state index contributed by atoms with van der Waals surface area (Å²) in [4.78, 5) is 5.17. The number of nitrogens with one attached hydrogen (secondary N) is 1. The predicted octanol–water partition coefficient (Wildman–Crippen LogP) is 3.40. The lowest BCUT2D eigenvalue weighted by atomic mass is 10.2. The van der Waals surface area contributed by atoms with Gasteiger partial charge in [-0.3, -0.25) is 4.90 Å². The average molecular weight is 278 g/mol. The summed E-state index contributed by atoms with van der Waals surface area (Å²) in [5, 5.41) is 3.47. The first-order valence-corrected chi connectivity index (χ1v) is 7.85. The van der Waals surface area contributed by atoms with E-state index in [0.717, 1.165) is 32.6 Å². The molecule has 2 nitrogen and oxygen atoms in total. The maximum absolute atomic E-state index is 5.44. The highest BCUT2D eigenvalue weighted by Crippen LogP contribution is 2.23. The second-order valence-corrected chi connectivity index (χ2v) is 6.59. The summed E-state index contributed by atoms with van der Waals surface area (Å²) in [5.41, 5.74) is 1.43. The van der Waals surface area contributed by atoms with E-state index in [4.69, 9.17) is 6.42 Å². The molecular weight excluding hydrogens is 252 g/mol. The molecule has 0 saturated heterocycles. The molecule has 1 aromatic rings. The molecule has 0 amide bonds. The summed E-state index contributed by atoms with van der Waals surface area (Å²) < 4.78 is 0. The Morgan fingerprint density at radius 1 is 1.47 bits per heavy atom. The summed E-state index contributed by atoms with van der Waals surface area (Å²) in [5.74, 6) is 2.76. The van der Waals surface area contributed by atoms with Crippen molar-refractivity contribution in [2.45, 2.75) is 53.2 Å². The van der Waals surface area contributed by atoms with Crippen LogP contribution in [0.4, 0.5) is 0 Å². The van der Waals surface area contributed by atoms with Crippen LogP contribution in [0.2, 0.25) is 0 Å². The second-order valence-electron chi connectivity index (χ2n) is 5.24. The molecule has 0 spiro atoms. The van der Waals surface area contributed by atoms with Gasteiger partial charge in [0.25, 0.3) is 0 Å². The zero-order valence-corrected chi connectivity index (χ0v) is 13.4. The fraction of sp³-hybridized carbons (Fsp3) is 0.625. The van der Waals surface area contributed by atoms with E-state index in [2.05, 4.69) is 49.9 Å². The highest BCUT2D eigenvalue weighted by atomic mass is 32.1. The standard InChI is InChI=1S/C16H26N2S/c1-6-8-18(9-7-2)12-15-10-16(19-14(15)5)11-17-13(3)4/h1,10,13,17H,7-9,11-12H2,2-5H3. The first-order chi connectivity index (χ1) is 9.06. The van der Waals surface area contributed by atoms with Crippen LogP contribution >= 0.6 is 11.3 Å². The van der Waals surface area contributed by atoms with Crippen LogP contribution in [0.15, 0.2) is 6.07 Å². The highest BCUT2D eigenvalue weighted by molar-refractivity contribution is 7.12. The van der Waals surface area contributed by atoms with Crippen LogP contribution in [0.5, 0.6) is 0 Å². The minimum Gasteiger partial charge on any atom is -0.310 e. The largest absolute Gasteiger partial charge is 0.310 e. The van der Waals surface area contributed by atoms with Gasteiger partial charge in [0, 0.05) is 28.9 Å². The van der Waals surface area contributed by atoms with Crippen molar-refractivity contribution < 1.29 is 0 Å². The summed E-state index contributed by atoms with van der Waals surface area (Å²) in [6.07, 6.45) is 6.58. The lowest BCUT2D eigenvalue weighted by Gasteiger charge is -2.18. The minimum absolute atomic E-state index is 0.531. The topological polar surface area (TPSA) is 15.3 Å². The molecule has 0 aliphatic rings. The fourth-order valence-electron chi connectivity index (χ4n) is 2.04. The molecule has 0 radical (unpaired) electrons. The Morgan fingerprint density at radius 3 is 2.79 bits per heavy atom. The SMILES string of the molecule is C#CCN(CCC)Cc1cc(CNC(C)C)sc1C. The molecular formula is C16H26N2S. The van der Waals surface area contributed by atoms with Crippen molar-refractivity contribution in [1.29, 1.82) is 0 Å². The third-order valence-electron chi connectivity index (χ3n) is 3.00. The first kappa shape index (κ1) is 16.2. The van der Waals surface area contributed by atoms with Crippen molar-refractivity contribution in [2.24, 2.45) is 0 Å². The molecule has 106 valence electrons. The van der Waals surface area contributed by atoms with Crippen molar-refractivity contribution in [3.63, 3.8) is 0 Å². The van der Waals surface area contributed by atoms with Crippen LogP contribution in [0.3, 0.4) is 0 Å². The Bertz CT molecular complexity index is 415. The lowest BCUT2D eigenvalue weighted by molar-refractivity contribution is 0.299. The van der Waals surface area contributed by atoms with Crippen LogP contribution in [0.1, 0.15) is 42.5 Å². The van der Waals surface area contributed by atoms with Gasteiger partial charge in [-0.1, -0.05) is 26.7 Å². The first-order valence-electron chi connectivity index (χ1n) is 7.04. The predicted molar refractivity (Wildman–Crippen MR) is 85.4 cm³/mol. The Kier molecular flexibility index (Phi) is 7.15. The zero-order chi connectivity index (χ0) is 14.3. The van der Waals surface area contributed by atoms with E-state index < -0.39 is 0 Å². The maximum atomic E-state index is 5.44. The van der Waals surface area contributed by atoms with Crippen LogP contribution in [0, 0.1) is 19.3 Å². The smallest absolute Gasteiger partial charge is 0.0601 e. The van der Waals surface area contributed by atoms with E-state index >= 15 is 0 Å². The summed E-state index contributed by atoms with van der Waals surface area (Å²) >= 11 is 1.89. The van der Waals surface area contributed by atoms with Crippen molar-refractivity contribution in [1.82, 2.24) is 10.2 Å². The summed E-state index contributed by atoms with van der Waals surface area (Å²) in [6.45, 7) is 12.5. The molecule has 0 aliphatic carbocycles. The molecule has 1 N–H and O–H groups in total. The maximum Gasteiger partial charge on any atom is 0.0601 e. The lowest BCUT2D eigenvalue weighted by Crippen LogP contribution is -2.24. The quantitative estimate of drug-likeness (QED) is 0.733. The molecule has 0 bridgehead atoms. The van der Waals surface area contributed by atoms with Gasteiger partial charge in [0.05, 0.1) is 6.54 Å². The second kappa shape index (κ2) is 8.37. The third-order valence-corrected chi connectivity index (χ3v) is 4.10. The molecule has 0 saturated carbocycles.